The summed E-state index contributed by atoms with van der Waals surface area (Å²) in [5, 5.41) is 0. The molecule has 1 heterocycles. The third-order valence-electron chi connectivity index (χ3n) is 6.32. The topological polar surface area (TPSA) is 36.9 Å². The summed E-state index contributed by atoms with van der Waals surface area (Å²) in [6.45, 7) is 8.67. The molecule has 218 valence electrons. The Morgan fingerprint density at radius 2 is 1.18 bits per heavy atom. The minimum atomic E-state index is -4.46. The van der Waals surface area contributed by atoms with E-state index in [2.05, 4.69) is 4.74 Å². The summed E-state index contributed by atoms with van der Waals surface area (Å²) in [4.78, 5) is 0. The average Bonchev–Trinajstić information content (AvgIpc) is 3.01. The van der Waals surface area contributed by atoms with Gasteiger partial charge in [0.15, 0.2) is 12.2 Å². The zero-order valence-corrected chi connectivity index (χ0v) is 22.3. The van der Waals surface area contributed by atoms with E-state index in [0.717, 1.165) is 26.0 Å². The summed E-state index contributed by atoms with van der Waals surface area (Å²) < 4.78 is 121. The van der Waals surface area contributed by atoms with Gasteiger partial charge >= 0.3 is 19.5 Å². The Balaban J connectivity index is 0.000000306. The molecule has 4 nitrogen and oxygen atoms in total. The fraction of sp³-hybridized carbons (Fsp3) is 0.538. The smallest absolute Gasteiger partial charge is 0.399 e. The van der Waals surface area contributed by atoms with Gasteiger partial charge < -0.3 is 18.8 Å². The standard InChI is InChI=1S/C16H21BF4O3.C10H10F4O/c1-10(16(19,20)21)22-9-11-6-12(8-13(18)7-11)17-23-14(2,3)15(4,5)24-17;1-7(10(12,13)14)15-6-8-3-2-4-9(11)5-8/h6-8,10H,9H2,1-5H3;2-5,7H,6H2,1H3/t10-;7-/m11/s1. The monoisotopic (exact) mass is 570 g/mol. The first kappa shape index (κ1) is 33.0. The van der Waals surface area contributed by atoms with E-state index in [9.17, 15) is 35.1 Å². The maximum Gasteiger partial charge on any atom is 0.494 e. The molecule has 2 aromatic rings. The second kappa shape index (κ2) is 12.5. The van der Waals surface area contributed by atoms with Crippen molar-refractivity contribution >= 4 is 12.6 Å². The Hall–Kier alpha value is -2.22. The summed E-state index contributed by atoms with van der Waals surface area (Å²) in [5.41, 5.74) is -0.106. The summed E-state index contributed by atoms with van der Waals surface area (Å²) in [6, 6.07) is 9.21. The first-order valence-corrected chi connectivity index (χ1v) is 12.0. The number of alkyl halides is 6. The van der Waals surface area contributed by atoms with E-state index in [1.165, 1.54) is 30.3 Å². The maximum atomic E-state index is 13.8. The molecule has 0 spiro atoms. The lowest BCUT2D eigenvalue weighted by molar-refractivity contribution is -0.217. The van der Waals surface area contributed by atoms with E-state index < -0.39 is 54.5 Å². The zero-order chi connectivity index (χ0) is 29.8. The molecule has 1 aliphatic rings. The largest absolute Gasteiger partial charge is 0.494 e. The van der Waals surface area contributed by atoms with E-state index >= 15 is 0 Å². The van der Waals surface area contributed by atoms with Crippen LogP contribution >= 0.6 is 0 Å². The lowest BCUT2D eigenvalue weighted by atomic mass is 9.78. The molecule has 0 bridgehead atoms. The van der Waals surface area contributed by atoms with E-state index in [1.807, 2.05) is 27.7 Å². The van der Waals surface area contributed by atoms with Crippen LogP contribution in [-0.2, 0) is 32.0 Å². The Morgan fingerprint density at radius 3 is 1.64 bits per heavy atom. The first-order valence-electron chi connectivity index (χ1n) is 12.0. The molecule has 1 saturated heterocycles. The number of benzene rings is 2. The van der Waals surface area contributed by atoms with E-state index in [4.69, 9.17) is 14.0 Å². The molecule has 0 aliphatic carbocycles. The van der Waals surface area contributed by atoms with Gasteiger partial charge in [0.1, 0.15) is 11.6 Å². The molecule has 0 saturated carbocycles. The van der Waals surface area contributed by atoms with Gasteiger partial charge in [-0.25, -0.2) is 8.78 Å². The van der Waals surface area contributed by atoms with Gasteiger partial charge in [-0.15, -0.1) is 0 Å². The number of halogens is 8. The molecule has 3 rings (SSSR count). The van der Waals surface area contributed by atoms with Crippen LogP contribution < -0.4 is 5.46 Å². The van der Waals surface area contributed by atoms with Crippen molar-refractivity contribution in [3.63, 3.8) is 0 Å². The van der Waals surface area contributed by atoms with Crippen molar-refractivity contribution in [2.24, 2.45) is 0 Å². The number of rotatable bonds is 7. The molecule has 1 aliphatic heterocycles. The average molecular weight is 570 g/mol. The second-order valence-corrected chi connectivity index (χ2v) is 10.1. The normalized spacial score (nSPS) is 18.4. The number of hydrogen-bond donors (Lipinski definition) is 0. The molecule has 2 atom stereocenters. The van der Waals surface area contributed by atoms with Gasteiger partial charge in [-0.1, -0.05) is 18.2 Å². The van der Waals surface area contributed by atoms with Crippen molar-refractivity contribution in [3.05, 3.63) is 65.2 Å². The van der Waals surface area contributed by atoms with Crippen molar-refractivity contribution in [1.29, 1.82) is 0 Å². The van der Waals surface area contributed by atoms with Gasteiger partial charge in [0.25, 0.3) is 0 Å². The van der Waals surface area contributed by atoms with Crippen molar-refractivity contribution < 1.29 is 53.9 Å². The van der Waals surface area contributed by atoms with Crippen molar-refractivity contribution in [1.82, 2.24) is 0 Å². The molecule has 39 heavy (non-hydrogen) atoms. The number of hydrogen-bond acceptors (Lipinski definition) is 4. The first-order chi connectivity index (χ1) is 17.7. The molecule has 0 N–H and O–H groups in total. The Labute approximate surface area is 222 Å². The molecule has 0 aromatic heterocycles. The highest BCUT2D eigenvalue weighted by atomic mass is 19.4. The fourth-order valence-corrected chi connectivity index (χ4v) is 3.13. The van der Waals surface area contributed by atoms with Crippen LogP contribution in [0.15, 0.2) is 42.5 Å². The van der Waals surface area contributed by atoms with Crippen LogP contribution in [0.4, 0.5) is 35.1 Å². The van der Waals surface area contributed by atoms with Crippen LogP contribution in [0.1, 0.15) is 52.7 Å². The molecule has 0 radical (unpaired) electrons. The van der Waals surface area contributed by atoms with Crippen LogP contribution in [0.3, 0.4) is 0 Å². The third kappa shape index (κ3) is 9.73. The molecule has 2 aromatic carbocycles. The molecular formula is C26H31BF8O4. The third-order valence-corrected chi connectivity index (χ3v) is 6.32. The highest BCUT2D eigenvalue weighted by Crippen LogP contribution is 2.36. The minimum absolute atomic E-state index is 0.252. The Morgan fingerprint density at radius 1 is 0.718 bits per heavy atom. The predicted octanol–water partition coefficient (Wildman–Crippen LogP) is 6.89. The molecule has 0 unspecified atom stereocenters. The van der Waals surface area contributed by atoms with Crippen LogP contribution in [-0.4, -0.2) is 42.9 Å². The predicted molar refractivity (Wildman–Crippen MR) is 129 cm³/mol. The lowest BCUT2D eigenvalue weighted by Crippen LogP contribution is -2.41. The van der Waals surface area contributed by atoms with Crippen LogP contribution in [0.5, 0.6) is 0 Å². The fourth-order valence-electron chi connectivity index (χ4n) is 3.13. The highest BCUT2D eigenvalue weighted by molar-refractivity contribution is 6.62. The van der Waals surface area contributed by atoms with Crippen molar-refractivity contribution in [3.8, 4) is 0 Å². The Kier molecular flexibility index (Phi) is 10.6. The van der Waals surface area contributed by atoms with E-state index in [-0.39, 0.29) is 18.8 Å². The molecule has 0 amide bonds. The SMILES string of the molecule is C[C@@H](OCc1cc(F)cc(B2OC(C)(C)C(C)(C)O2)c1)C(F)(F)F.C[C@@H](OCc1cccc(F)c1)C(F)(F)F. The summed E-state index contributed by atoms with van der Waals surface area (Å²) >= 11 is 0. The van der Waals surface area contributed by atoms with Gasteiger partial charge in [0.05, 0.1) is 24.4 Å². The summed E-state index contributed by atoms with van der Waals surface area (Å²) in [6.07, 6.45) is -12.6. The van der Waals surface area contributed by atoms with E-state index in [0.29, 0.717) is 11.0 Å². The second-order valence-electron chi connectivity index (χ2n) is 10.1. The molecule has 13 heteroatoms. The summed E-state index contributed by atoms with van der Waals surface area (Å²) in [5.74, 6) is -1.07. The number of ether oxygens (including phenoxy) is 2. The Bertz CT molecular complexity index is 1070. The summed E-state index contributed by atoms with van der Waals surface area (Å²) in [7, 11) is -0.788. The zero-order valence-electron chi connectivity index (χ0n) is 22.3. The minimum Gasteiger partial charge on any atom is -0.399 e. The van der Waals surface area contributed by atoms with Gasteiger partial charge in [-0.2, -0.15) is 26.3 Å². The van der Waals surface area contributed by atoms with Crippen molar-refractivity contribution in [2.75, 3.05) is 0 Å². The molecule has 1 fully saturated rings. The van der Waals surface area contributed by atoms with Crippen molar-refractivity contribution in [2.45, 2.75) is 90.5 Å². The maximum absolute atomic E-state index is 13.8. The highest BCUT2D eigenvalue weighted by Gasteiger charge is 2.51. The van der Waals surface area contributed by atoms with E-state index in [1.54, 1.807) is 0 Å². The quantitative estimate of drug-likeness (QED) is 0.269. The van der Waals surface area contributed by atoms with Gasteiger partial charge in [0.2, 0.25) is 0 Å². The lowest BCUT2D eigenvalue weighted by Gasteiger charge is -2.32. The van der Waals surface area contributed by atoms with Gasteiger partial charge in [-0.3, -0.25) is 0 Å². The van der Waals surface area contributed by atoms with Gasteiger partial charge in [-0.05, 0) is 82.4 Å². The van der Waals surface area contributed by atoms with Gasteiger partial charge in [0, 0.05) is 0 Å². The molecular weight excluding hydrogens is 539 g/mol. The van der Waals surface area contributed by atoms with Crippen LogP contribution in [0.2, 0.25) is 0 Å². The van der Waals surface area contributed by atoms with Crippen LogP contribution in [0.25, 0.3) is 0 Å². The van der Waals surface area contributed by atoms with Crippen LogP contribution in [0, 0.1) is 11.6 Å².